The molecule has 2 atom stereocenters. The zero-order valence-electron chi connectivity index (χ0n) is 11.9. The van der Waals surface area contributed by atoms with Crippen molar-refractivity contribution in [3.05, 3.63) is 35.4 Å². The van der Waals surface area contributed by atoms with Crippen molar-refractivity contribution in [2.75, 3.05) is 6.54 Å². The summed E-state index contributed by atoms with van der Waals surface area (Å²) in [6.45, 7) is 0.928. The Balaban J connectivity index is 1.77. The zero-order chi connectivity index (χ0) is 13.9. The van der Waals surface area contributed by atoms with Gasteiger partial charge in [0, 0.05) is 24.0 Å². The van der Waals surface area contributed by atoms with E-state index in [0.717, 1.165) is 30.0 Å². The Kier molecular flexibility index (Phi) is 4.30. The first kappa shape index (κ1) is 13.9. The molecule has 0 spiro atoms. The fourth-order valence-corrected chi connectivity index (χ4v) is 3.96. The van der Waals surface area contributed by atoms with Crippen LogP contribution in [0.15, 0.2) is 24.3 Å². The largest absolute Gasteiger partial charge is 0.335 e. The predicted molar refractivity (Wildman–Crippen MR) is 82.0 cm³/mol. The Morgan fingerprint density at radius 2 is 1.80 bits per heavy atom. The van der Waals surface area contributed by atoms with Gasteiger partial charge in [0.2, 0.25) is 0 Å². The normalized spacial score (nSPS) is 26.1. The monoisotopic (exact) mass is 291 g/mol. The molecule has 0 N–H and O–H groups in total. The number of benzene rings is 1. The Hall–Kier alpha value is -1.02. The first-order valence-corrected chi connectivity index (χ1v) is 8.29. The minimum atomic E-state index is 0.211. The number of piperidine rings is 1. The third-order valence-corrected chi connectivity index (χ3v) is 5.17. The van der Waals surface area contributed by atoms with Crippen LogP contribution in [0.25, 0.3) is 0 Å². The number of carbonyl (C=O) groups excluding carboxylic acids is 1. The smallest absolute Gasteiger partial charge is 0.254 e. The third kappa shape index (κ3) is 2.71. The molecule has 2 nitrogen and oxygen atoms in total. The van der Waals surface area contributed by atoms with Gasteiger partial charge in [0.25, 0.3) is 5.91 Å². The highest BCUT2D eigenvalue weighted by atomic mass is 35.5. The number of hydrogen-bond acceptors (Lipinski definition) is 1. The van der Waals surface area contributed by atoms with E-state index in [1.807, 2.05) is 24.3 Å². The molecule has 108 valence electrons. The van der Waals surface area contributed by atoms with Crippen LogP contribution in [0.1, 0.15) is 54.4 Å². The van der Waals surface area contributed by atoms with E-state index in [0.29, 0.717) is 11.9 Å². The molecule has 0 bridgehead atoms. The lowest BCUT2D eigenvalue weighted by Crippen LogP contribution is -2.49. The van der Waals surface area contributed by atoms with Crippen molar-refractivity contribution in [3.8, 4) is 0 Å². The average Bonchev–Trinajstić information content (AvgIpc) is 2.54. The van der Waals surface area contributed by atoms with Crippen LogP contribution in [0.3, 0.4) is 0 Å². The highest BCUT2D eigenvalue weighted by molar-refractivity contribution is 6.17. The molecule has 1 aromatic rings. The van der Waals surface area contributed by atoms with E-state index < -0.39 is 0 Å². The van der Waals surface area contributed by atoms with Crippen LogP contribution in [-0.4, -0.2) is 23.4 Å². The third-order valence-electron chi connectivity index (χ3n) is 4.86. The number of hydrogen-bond donors (Lipinski definition) is 0. The van der Waals surface area contributed by atoms with E-state index in [-0.39, 0.29) is 5.91 Å². The number of halogens is 1. The van der Waals surface area contributed by atoms with Gasteiger partial charge >= 0.3 is 0 Å². The maximum absolute atomic E-state index is 12.7. The van der Waals surface area contributed by atoms with Gasteiger partial charge in [-0.1, -0.05) is 25.0 Å². The van der Waals surface area contributed by atoms with E-state index in [1.165, 1.54) is 32.1 Å². The van der Waals surface area contributed by atoms with Crippen molar-refractivity contribution >= 4 is 17.5 Å². The molecule has 1 saturated carbocycles. The molecule has 1 aromatic carbocycles. The van der Waals surface area contributed by atoms with Crippen molar-refractivity contribution in [2.24, 2.45) is 5.92 Å². The number of alkyl halides is 1. The second kappa shape index (κ2) is 6.17. The number of rotatable bonds is 2. The Labute approximate surface area is 126 Å². The van der Waals surface area contributed by atoms with Crippen molar-refractivity contribution in [2.45, 2.75) is 50.4 Å². The lowest BCUT2D eigenvalue weighted by Gasteiger charge is -2.44. The summed E-state index contributed by atoms with van der Waals surface area (Å²) in [4.78, 5) is 14.9. The van der Waals surface area contributed by atoms with Gasteiger partial charge < -0.3 is 4.90 Å². The molecular formula is C17H22ClNO. The van der Waals surface area contributed by atoms with Crippen LogP contribution in [0.5, 0.6) is 0 Å². The highest BCUT2D eigenvalue weighted by Gasteiger charge is 2.35. The molecule has 2 unspecified atom stereocenters. The van der Waals surface area contributed by atoms with E-state index in [9.17, 15) is 4.79 Å². The summed E-state index contributed by atoms with van der Waals surface area (Å²) in [7, 11) is 0. The summed E-state index contributed by atoms with van der Waals surface area (Å²) in [5.74, 6) is 1.45. The second-order valence-electron chi connectivity index (χ2n) is 6.08. The minimum Gasteiger partial charge on any atom is -0.335 e. The lowest BCUT2D eigenvalue weighted by molar-refractivity contribution is 0.0390. The van der Waals surface area contributed by atoms with E-state index in [1.54, 1.807) is 0 Å². The number of nitrogens with zero attached hydrogens (tertiary/aromatic N) is 1. The lowest BCUT2D eigenvalue weighted by atomic mass is 9.78. The van der Waals surface area contributed by atoms with E-state index >= 15 is 0 Å². The van der Waals surface area contributed by atoms with Crippen molar-refractivity contribution in [3.63, 3.8) is 0 Å². The first-order chi connectivity index (χ1) is 9.79. The van der Waals surface area contributed by atoms with Crippen LogP contribution in [-0.2, 0) is 5.88 Å². The van der Waals surface area contributed by atoms with E-state index in [4.69, 9.17) is 11.6 Å². The Morgan fingerprint density at radius 3 is 2.55 bits per heavy atom. The number of fused-ring (bicyclic) bond motifs is 1. The van der Waals surface area contributed by atoms with Crippen LogP contribution in [0.4, 0.5) is 0 Å². The van der Waals surface area contributed by atoms with Gasteiger partial charge in [-0.2, -0.15) is 0 Å². The molecule has 20 heavy (non-hydrogen) atoms. The molecular weight excluding hydrogens is 270 g/mol. The summed E-state index contributed by atoms with van der Waals surface area (Å²) in [6, 6.07) is 8.25. The molecule has 1 aliphatic heterocycles. The molecule has 1 heterocycles. The maximum Gasteiger partial charge on any atom is 0.254 e. The fourth-order valence-electron chi connectivity index (χ4n) is 3.78. The van der Waals surface area contributed by atoms with Gasteiger partial charge in [-0.3, -0.25) is 4.79 Å². The number of likely N-dealkylation sites (tertiary alicyclic amines) is 1. The standard InChI is InChI=1S/C17H22ClNO/c18-12-13-7-9-15(10-8-13)17(20)19-11-3-5-14-4-1-2-6-16(14)19/h7-10,14,16H,1-6,11-12H2. The minimum absolute atomic E-state index is 0.211. The summed E-state index contributed by atoms with van der Waals surface area (Å²) < 4.78 is 0. The quantitative estimate of drug-likeness (QED) is 0.747. The van der Waals surface area contributed by atoms with Gasteiger partial charge in [0.1, 0.15) is 0 Å². The zero-order valence-corrected chi connectivity index (χ0v) is 12.6. The van der Waals surface area contributed by atoms with Crippen LogP contribution >= 0.6 is 11.6 Å². The van der Waals surface area contributed by atoms with Crippen LogP contribution in [0, 0.1) is 5.92 Å². The Morgan fingerprint density at radius 1 is 1.10 bits per heavy atom. The molecule has 1 aliphatic carbocycles. The second-order valence-corrected chi connectivity index (χ2v) is 6.35. The molecule has 3 rings (SSSR count). The average molecular weight is 292 g/mol. The van der Waals surface area contributed by atoms with Crippen LogP contribution in [0.2, 0.25) is 0 Å². The summed E-state index contributed by atoms with van der Waals surface area (Å²) in [5.41, 5.74) is 1.88. The molecule has 0 radical (unpaired) electrons. The first-order valence-electron chi connectivity index (χ1n) is 7.75. The number of amides is 1. The SMILES string of the molecule is O=C(c1ccc(CCl)cc1)N1CCCC2CCCCC21. The van der Waals surface area contributed by atoms with Crippen molar-refractivity contribution < 1.29 is 4.79 Å². The summed E-state index contributed by atoms with van der Waals surface area (Å²) in [5, 5.41) is 0. The predicted octanol–water partition coefficient (Wildman–Crippen LogP) is 4.22. The van der Waals surface area contributed by atoms with Gasteiger partial charge in [0.05, 0.1) is 0 Å². The molecule has 2 fully saturated rings. The molecule has 0 aromatic heterocycles. The summed E-state index contributed by atoms with van der Waals surface area (Å²) >= 11 is 5.80. The molecule has 2 aliphatic rings. The summed E-state index contributed by atoms with van der Waals surface area (Å²) in [6.07, 6.45) is 7.58. The van der Waals surface area contributed by atoms with Gasteiger partial charge in [-0.15, -0.1) is 11.6 Å². The van der Waals surface area contributed by atoms with Crippen molar-refractivity contribution in [1.82, 2.24) is 4.90 Å². The van der Waals surface area contributed by atoms with Gasteiger partial charge in [0.15, 0.2) is 0 Å². The maximum atomic E-state index is 12.7. The Bertz CT molecular complexity index is 468. The number of carbonyl (C=O) groups is 1. The molecule has 1 saturated heterocycles. The van der Waals surface area contributed by atoms with E-state index in [2.05, 4.69) is 4.90 Å². The fraction of sp³-hybridized carbons (Fsp3) is 0.588. The van der Waals surface area contributed by atoms with Gasteiger partial charge in [-0.25, -0.2) is 0 Å². The van der Waals surface area contributed by atoms with Crippen molar-refractivity contribution in [1.29, 1.82) is 0 Å². The molecule has 3 heteroatoms. The molecule has 1 amide bonds. The van der Waals surface area contributed by atoms with Crippen LogP contribution < -0.4 is 0 Å². The topological polar surface area (TPSA) is 20.3 Å². The van der Waals surface area contributed by atoms with Gasteiger partial charge in [-0.05, 0) is 49.3 Å². The highest BCUT2D eigenvalue weighted by Crippen LogP contribution is 2.35.